The molecular weight excluding hydrogens is 348 g/mol. The van der Waals surface area contributed by atoms with Gasteiger partial charge in [-0.2, -0.15) is 0 Å². The van der Waals surface area contributed by atoms with Gasteiger partial charge >= 0.3 is 5.97 Å². The van der Waals surface area contributed by atoms with Gasteiger partial charge in [0.1, 0.15) is 16.1 Å². The van der Waals surface area contributed by atoms with Crippen LogP contribution in [0.2, 0.25) is 0 Å². The Labute approximate surface area is 159 Å². The molecule has 0 aliphatic rings. The molecule has 142 valence electrons. The number of carbonyl (C=O) groups excluding carboxylic acids is 1. The second-order valence-electron chi connectivity index (χ2n) is 7.71. The first-order chi connectivity index (χ1) is 12.0. The molecule has 0 bridgehead atoms. The number of carbonyl (C=O) groups is 1. The summed E-state index contributed by atoms with van der Waals surface area (Å²) in [5.74, 6) is 1.30. The summed E-state index contributed by atoms with van der Waals surface area (Å²) in [5, 5.41) is 3.33. The van der Waals surface area contributed by atoms with E-state index in [-0.39, 0.29) is 5.97 Å². The molecule has 1 heterocycles. The predicted octanol–water partition coefficient (Wildman–Crippen LogP) is 4.49. The molecule has 1 aromatic carbocycles. The second-order valence-corrected chi connectivity index (χ2v) is 9.40. The fourth-order valence-corrected chi connectivity index (χ4v) is 3.22. The Bertz CT molecular complexity index is 730. The monoisotopic (exact) mass is 376 g/mol. The molecule has 0 unspecified atom stereocenters. The molecule has 0 fully saturated rings. The highest BCUT2D eigenvalue weighted by atomic mass is 32.2. The minimum Gasteiger partial charge on any atom is -0.459 e. The average molecular weight is 377 g/mol. The van der Waals surface area contributed by atoms with Crippen molar-refractivity contribution in [2.24, 2.45) is 0 Å². The summed E-state index contributed by atoms with van der Waals surface area (Å²) < 4.78 is 10.3. The Kier molecular flexibility index (Phi) is 6.53. The fourth-order valence-electron chi connectivity index (χ4n) is 2.23. The average Bonchev–Trinajstić information content (AvgIpc) is 2.92. The first kappa shape index (κ1) is 20.5. The van der Waals surface area contributed by atoms with Crippen LogP contribution in [0.3, 0.4) is 0 Å². The molecule has 0 saturated heterocycles. The van der Waals surface area contributed by atoms with Gasteiger partial charge in [0.25, 0.3) is 0 Å². The number of hydrogen-bond acceptors (Lipinski definition) is 6. The Balaban J connectivity index is 1.87. The summed E-state index contributed by atoms with van der Waals surface area (Å²) in [4.78, 5) is 17.5. The molecule has 1 N–H and O–H groups in total. The van der Waals surface area contributed by atoms with E-state index >= 15 is 0 Å². The number of aromatic nitrogens is 1. The van der Waals surface area contributed by atoms with E-state index in [2.05, 4.69) is 22.4 Å². The quantitative estimate of drug-likeness (QED) is 0.567. The lowest BCUT2D eigenvalue weighted by atomic mass is 10.1. The van der Waals surface area contributed by atoms with E-state index in [1.54, 1.807) is 6.20 Å². The minimum absolute atomic E-state index is 0.205. The van der Waals surface area contributed by atoms with Gasteiger partial charge in [0, 0.05) is 18.4 Å². The van der Waals surface area contributed by atoms with E-state index in [0.29, 0.717) is 12.4 Å². The Morgan fingerprint density at radius 1 is 1.15 bits per heavy atom. The molecule has 1 aromatic heterocycles. The van der Waals surface area contributed by atoms with Gasteiger partial charge in [-0.05, 0) is 52.3 Å². The van der Waals surface area contributed by atoms with Crippen LogP contribution in [0.1, 0.15) is 51.8 Å². The number of rotatable bonds is 7. The molecule has 0 aliphatic heterocycles. The third-order valence-electron chi connectivity index (χ3n) is 3.48. The Morgan fingerprint density at radius 2 is 1.81 bits per heavy atom. The Morgan fingerprint density at radius 3 is 2.35 bits per heavy atom. The van der Waals surface area contributed by atoms with E-state index in [1.165, 1.54) is 17.3 Å². The van der Waals surface area contributed by atoms with Gasteiger partial charge in [-0.15, -0.1) is 11.8 Å². The lowest BCUT2D eigenvalue weighted by Crippen LogP contribution is -2.36. The summed E-state index contributed by atoms with van der Waals surface area (Å²) in [6.45, 7) is 12.6. The number of oxazole rings is 1. The SMILES string of the molecule is Cc1ncc(CNCc2ccc(SC(C)(C)C(=O)OC(C)(C)C)cc2)o1. The molecular formula is C20H28N2O3S. The van der Waals surface area contributed by atoms with Gasteiger partial charge in [0.2, 0.25) is 0 Å². The van der Waals surface area contributed by atoms with Crippen LogP contribution in [0.5, 0.6) is 0 Å². The first-order valence-electron chi connectivity index (χ1n) is 8.68. The maximum atomic E-state index is 12.4. The number of hydrogen-bond donors (Lipinski definition) is 1. The predicted molar refractivity (Wildman–Crippen MR) is 104 cm³/mol. The van der Waals surface area contributed by atoms with Crippen LogP contribution in [0, 0.1) is 6.92 Å². The molecule has 26 heavy (non-hydrogen) atoms. The van der Waals surface area contributed by atoms with Gasteiger partial charge < -0.3 is 14.5 Å². The highest BCUT2D eigenvalue weighted by molar-refractivity contribution is 8.01. The van der Waals surface area contributed by atoms with E-state index < -0.39 is 10.3 Å². The molecule has 2 rings (SSSR count). The van der Waals surface area contributed by atoms with Crippen LogP contribution in [0.25, 0.3) is 0 Å². The van der Waals surface area contributed by atoms with Crippen molar-refractivity contribution in [2.45, 2.75) is 69.9 Å². The largest absolute Gasteiger partial charge is 0.459 e. The van der Waals surface area contributed by atoms with Crippen LogP contribution in [-0.4, -0.2) is 21.3 Å². The number of aryl methyl sites for hydroxylation is 1. The zero-order valence-electron chi connectivity index (χ0n) is 16.4. The van der Waals surface area contributed by atoms with Crippen molar-refractivity contribution in [3.8, 4) is 0 Å². The van der Waals surface area contributed by atoms with Crippen molar-refractivity contribution >= 4 is 17.7 Å². The zero-order chi connectivity index (χ0) is 19.4. The van der Waals surface area contributed by atoms with E-state index in [9.17, 15) is 4.79 Å². The Hall–Kier alpha value is -1.79. The van der Waals surface area contributed by atoms with Crippen LogP contribution in [0.4, 0.5) is 0 Å². The van der Waals surface area contributed by atoms with E-state index in [1.807, 2.05) is 53.7 Å². The topological polar surface area (TPSA) is 64.4 Å². The number of nitrogens with zero attached hydrogens (tertiary/aromatic N) is 1. The molecule has 6 heteroatoms. The summed E-state index contributed by atoms with van der Waals surface area (Å²) in [5.41, 5.74) is 0.688. The smallest absolute Gasteiger partial charge is 0.322 e. The highest BCUT2D eigenvalue weighted by Gasteiger charge is 2.33. The molecule has 0 spiro atoms. The third kappa shape index (κ3) is 6.50. The minimum atomic E-state index is -0.642. The van der Waals surface area contributed by atoms with Crippen LogP contribution in [-0.2, 0) is 22.6 Å². The molecule has 0 atom stereocenters. The van der Waals surface area contributed by atoms with Gasteiger partial charge in [-0.1, -0.05) is 12.1 Å². The number of nitrogens with one attached hydrogen (secondary N) is 1. The van der Waals surface area contributed by atoms with Gasteiger partial charge in [0.15, 0.2) is 5.89 Å². The van der Waals surface area contributed by atoms with Gasteiger partial charge in [-0.25, -0.2) is 4.98 Å². The highest BCUT2D eigenvalue weighted by Crippen LogP contribution is 2.34. The van der Waals surface area contributed by atoms with E-state index in [4.69, 9.17) is 9.15 Å². The summed E-state index contributed by atoms with van der Waals surface area (Å²) in [6.07, 6.45) is 1.74. The maximum absolute atomic E-state index is 12.4. The maximum Gasteiger partial charge on any atom is 0.322 e. The van der Waals surface area contributed by atoms with Crippen molar-refractivity contribution < 1.29 is 13.9 Å². The molecule has 2 aromatic rings. The van der Waals surface area contributed by atoms with E-state index in [0.717, 1.165) is 17.2 Å². The lowest BCUT2D eigenvalue weighted by Gasteiger charge is -2.28. The standard InChI is InChI=1S/C20H28N2O3S/c1-14-22-13-16(24-14)12-21-11-15-7-9-17(10-8-15)26-20(5,6)18(23)25-19(2,3)4/h7-10,13,21H,11-12H2,1-6H3. The van der Waals surface area contributed by atoms with Gasteiger partial charge in [-0.3, -0.25) is 4.79 Å². The van der Waals surface area contributed by atoms with Crippen molar-refractivity contribution in [3.63, 3.8) is 0 Å². The third-order valence-corrected chi connectivity index (χ3v) is 4.67. The lowest BCUT2D eigenvalue weighted by molar-refractivity contribution is -0.156. The summed E-state index contributed by atoms with van der Waals surface area (Å²) >= 11 is 1.51. The first-order valence-corrected chi connectivity index (χ1v) is 9.50. The van der Waals surface area contributed by atoms with Crippen LogP contribution >= 0.6 is 11.8 Å². The van der Waals surface area contributed by atoms with Crippen molar-refractivity contribution in [3.05, 3.63) is 47.7 Å². The van der Waals surface area contributed by atoms with Gasteiger partial charge in [0.05, 0.1) is 12.7 Å². The van der Waals surface area contributed by atoms with Crippen molar-refractivity contribution in [1.82, 2.24) is 10.3 Å². The van der Waals surface area contributed by atoms with Crippen LogP contribution < -0.4 is 5.32 Å². The van der Waals surface area contributed by atoms with Crippen molar-refractivity contribution in [1.29, 1.82) is 0 Å². The fraction of sp³-hybridized carbons (Fsp3) is 0.500. The van der Waals surface area contributed by atoms with Crippen LogP contribution in [0.15, 0.2) is 39.8 Å². The molecule has 5 nitrogen and oxygen atoms in total. The normalized spacial score (nSPS) is 12.2. The zero-order valence-corrected chi connectivity index (χ0v) is 17.2. The molecule has 0 radical (unpaired) electrons. The number of benzene rings is 1. The summed E-state index contributed by atoms with van der Waals surface area (Å²) in [6, 6.07) is 8.19. The number of ether oxygens (including phenoxy) is 1. The molecule has 0 aliphatic carbocycles. The second kappa shape index (κ2) is 8.27. The summed E-state index contributed by atoms with van der Waals surface area (Å²) in [7, 11) is 0. The molecule has 0 saturated carbocycles. The van der Waals surface area contributed by atoms with Crippen molar-refractivity contribution in [2.75, 3.05) is 0 Å². The number of esters is 1. The molecule has 0 amide bonds. The number of thioether (sulfide) groups is 1.